The van der Waals surface area contributed by atoms with Crippen molar-refractivity contribution in [3.63, 3.8) is 0 Å². The number of carbonyl (C=O) groups is 4. The Morgan fingerprint density at radius 1 is 1.14 bits per heavy atom. The molecule has 3 saturated heterocycles. The highest BCUT2D eigenvalue weighted by Gasteiger charge is 2.59. The quantitative estimate of drug-likeness (QED) is 0.0697. The first-order chi connectivity index (χ1) is 31.1. The van der Waals surface area contributed by atoms with Gasteiger partial charge in [-0.25, -0.2) is 4.79 Å². The van der Waals surface area contributed by atoms with Crippen molar-refractivity contribution in [2.75, 3.05) is 46.6 Å². The van der Waals surface area contributed by atoms with Crippen LogP contribution >= 0.6 is 0 Å². The highest BCUT2D eigenvalue weighted by molar-refractivity contribution is 6.00. The third kappa shape index (κ3) is 12.3. The van der Waals surface area contributed by atoms with Crippen LogP contribution in [0.2, 0.25) is 0 Å². The smallest absolute Gasteiger partial charge is 0.410 e. The van der Waals surface area contributed by atoms with E-state index in [0.717, 1.165) is 5.56 Å². The number of methoxy groups -OCH3 is 1. The van der Waals surface area contributed by atoms with E-state index in [9.17, 15) is 29.4 Å². The number of benzene rings is 1. The third-order valence-electron chi connectivity index (χ3n) is 13.9. The van der Waals surface area contributed by atoms with Gasteiger partial charge in [-0.15, -0.1) is 5.10 Å². The van der Waals surface area contributed by atoms with Gasteiger partial charge in [0.15, 0.2) is 17.7 Å². The summed E-state index contributed by atoms with van der Waals surface area (Å²) in [4.78, 5) is 58.5. The molecule has 3 aliphatic rings. The van der Waals surface area contributed by atoms with Gasteiger partial charge in [-0.2, -0.15) is 0 Å². The maximum Gasteiger partial charge on any atom is 0.410 e. The van der Waals surface area contributed by atoms with Gasteiger partial charge in [0, 0.05) is 49.5 Å². The van der Waals surface area contributed by atoms with E-state index in [4.69, 9.17) is 29.4 Å². The Labute approximate surface area is 389 Å². The topological polar surface area (TPSA) is 242 Å². The van der Waals surface area contributed by atoms with E-state index in [1.807, 2.05) is 71.1 Å². The Balaban J connectivity index is 1.47. The number of rotatable bonds is 16. The maximum absolute atomic E-state index is 14.5. The fourth-order valence-corrected chi connectivity index (χ4v) is 10.1. The molecular formula is C47H76N8O11. The van der Waals surface area contributed by atoms with E-state index in [1.165, 1.54) is 6.92 Å². The molecule has 19 nitrogen and oxygen atoms in total. The molecule has 3 aliphatic heterocycles. The summed E-state index contributed by atoms with van der Waals surface area (Å²) in [7, 11) is 5.32. The number of hydrogen-bond donors (Lipinski definition) is 5. The molecule has 0 radical (unpaired) electrons. The molecule has 6 N–H and O–H groups in total. The van der Waals surface area contributed by atoms with Crippen LogP contribution in [0.4, 0.5) is 10.5 Å². The second-order valence-corrected chi connectivity index (χ2v) is 19.4. The molecule has 66 heavy (non-hydrogen) atoms. The minimum Gasteiger partial charge on any atom is -0.480 e. The van der Waals surface area contributed by atoms with E-state index in [2.05, 4.69) is 20.9 Å². The number of ketones is 1. The number of nitrogens with zero attached hydrogens (tertiary/aromatic N) is 5. The van der Waals surface area contributed by atoms with Crippen LogP contribution in [0.25, 0.3) is 11.3 Å². The molecule has 19 heteroatoms. The number of nitrogens with two attached hydrogens (primary N) is 1. The first-order valence-corrected chi connectivity index (χ1v) is 23.5. The Bertz CT molecular complexity index is 1950. The molecule has 0 aliphatic carbocycles. The normalized spacial score (nSPS) is 34.3. The van der Waals surface area contributed by atoms with E-state index >= 15 is 0 Å². The van der Waals surface area contributed by atoms with E-state index in [-0.39, 0.29) is 31.0 Å². The van der Waals surface area contributed by atoms with Crippen molar-refractivity contribution in [2.24, 2.45) is 17.8 Å². The van der Waals surface area contributed by atoms with Crippen molar-refractivity contribution in [1.82, 2.24) is 35.4 Å². The molecule has 0 bridgehead atoms. The summed E-state index contributed by atoms with van der Waals surface area (Å²) in [6.45, 7) is 15.7. The first-order valence-electron chi connectivity index (χ1n) is 23.5. The van der Waals surface area contributed by atoms with E-state index in [1.54, 1.807) is 43.5 Å². The summed E-state index contributed by atoms with van der Waals surface area (Å²) in [5.41, 5.74) is 5.62. The summed E-state index contributed by atoms with van der Waals surface area (Å²) in [6, 6.07) is 5.11. The number of aliphatic carboxylic acids is 1. The van der Waals surface area contributed by atoms with Crippen LogP contribution in [-0.4, -0.2) is 166 Å². The molecule has 3 fully saturated rings. The number of aliphatic hydroxyl groups excluding tert-OH is 1. The number of anilines is 1. The van der Waals surface area contributed by atoms with Crippen LogP contribution in [0.1, 0.15) is 93.9 Å². The lowest BCUT2D eigenvalue weighted by Crippen LogP contribution is -2.62. The zero-order valence-electron chi connectivity index (χ0n) is 40.8. The van der Waals surface area contributed by atoms with Gasteiger partial charge in [-0.05, 0) is 118 Å². The van der Waals surface area contributed by atoms with Crippen molar-refractivity contribution in [3.05, 3.63) is 30.5 Å². The number of ether oxygens (including phenoxy) is 5. The Morgan fingerprint density at radius 3 is 2.50 bits per heavy atom. The van der Waals surface area contributed by atoms with Crippen molar-refractivity contribution in [1.29, 1.82) is 0 Å². The molecule has 5 rings (SSSR count). The molecule has 0 saturated carbocycles. The van der Waals surface area contributed by atoms with E-state index in [0.29, 0.717) is 63.1 Å². The number of aliphatic hydroxyl groups is 1. The highest BCUT2D eigenvalue weighted by Crippen LogP contribution is 2.41. The molecule has 2 aromatic rings. The van der Waals surface area contributed by atoms with Crippen molar-refractivity contribution in [3.8, 4) is 11.3 Å². The second kappa shape index (κ2) is 22.7. The summed E-state index contributed by atoms with van der Waals surface area (Å²) in [5, 5.41) is 36.7. The number of carboxylic acid groups (broad SMARTS) is 1. The van der Waals surface area contributed by atoms with Gasteiger partial charge in [0.05, 0.1) is 30.0 Å². The molecule has 14 atom stereocenters. The lowest BCUT2D eigenvalue weighted by molar-refractivity contribution is -0.295. The van der Waals surface area contributed by atoms with Gasteiger partial charge in [0.1, 0.15) is 29.9 Å². The SMILES string of the molecule is CC[C@H]1OC(=O)[C@H](C)C(=O)[C@H](C)[C@@H](O[C@@H]2O[C@H](C)CC(N(C)C)[C@H]2O)[C@](C)(OC)C[C@@H](C)CNC(CCN[C@H](C)C(=O)O)[C@H]2N(CCCCn3cc(-c4cccc(N)c4)nn3)C(=O)O[C@]12C. The predicted octanol–water partition coefficient (Wildman–Crippen LogP) is 3.72. The van der Waals surface area contributed by atoms with Crippen molar-refractivity contribution >= 4 is 29.5 Å². The summed E-state index contributed by atoms with van der Waals surface area (Å²) >= 11 is 0. The summed E-state index contributed by atoms with van der Waals surface area (Å²) in [6.07, 6.45) is -0.274. The molecule has 0 spiro atoms. The number of hydrogen-bond acceptors (Lipinski definition) is 16. The van der Waals surface area contributed by atoms with Gasteiger partial charge in [0.25, 0.3) is 0 Å². The van der Waals surface area contributed by atoms with Crippen LogP contribution in [-0.2, 0) is 44.6 Å². The number of esters is 1. The minimum absolute atomic E-state index is 0.137. The van der Waals surface area contributed by atoms with Crippen molar-refractivity contribution < 1.29 is 53.1 Å². The lowest BCUT2D eigenvalue weighted by Gasteiger charge is -2.46. The van der Waals surface area contributed by atoms with Crippen LogP contribution in [0.5, 0.6) is 0 Å². The van der Waals surface area contributed by atoms with Gasteiger partial charge >= 0.3 is 18.0 Å². The average molecular weight is 929 g/mol. The number of aromatic nitrogens is 3. The third-order valence-corrected chi connectivity index (χ3v) is 13.9. The van der Waals surface area contributed by atoms with Crippen LogP contribution in [0, 0.1) is 17.8 Å². The number of cyclic esters (lactones) is 1. The van der Waals surface area contributed by atoms with E-state index < -0.39 is 89.6 Å². The number of nitrogens with one attached hydrogen (secondary N) is 2. The standard InChI is InChI=1S/C47H76N8O11/c1-12-37-47(8)40(55(45(61)66-47)21-14-13-20-54-26-35(51-52-54)32-16-15-17-33(48)23-32)34(18-19-49-31(6)42(58)59)50-25-27(2)24-46(7,62-11)41(29(4)38(56)30(5)43(60)64-37)65-44-39(57)36(53(9)10)22-28(3)63-44/h15-17,23,26-31,34,36-37,39-41,44,49-50,57H,12-14,18-22,24-25,48H2,1-11H3,(H,58,59)/t27-,28-,29+,30-,31-,34?,36?,37-,39-,40-,41-,44+,46-,47-/m1/s1. The Hall–Kier alpha value is -4.24. The average Bonchev–Trinajstić information content (AvgIpc) is 3.85. The van der Waals surface area contributed by atoms with Gasteiger partial charge in [-0.3, -0.25) is 24.0 Å². The first kappa shape index (κ1) is 52.7. The number of nitrogen functional groups attached to an aromatic ring is 1. The fraction of sp³-hybridized carbons (Fsp3) is 0.745. The molecule has 1 amide bonds. The number of unbranched alkanes of at least 4 members (excludes halogenated alkanes) is 1. The molecule has 1 aromatic heterocycles. The number of Topliss-reactive ketones (excluding diaryl/α,β-unsaturated/α-hetero) is 1. The maximum atomic E-state index is 14.5. The highest BCUT2D eigenvalue weighted by atomic mass is 16.7. The zero-order chi connectivity index (χ0) is 48.7. The molecule has 1 aromatic carbocycles. The van der Waals surface area contributed by atoms with Crippen LogP contribution in [0.3, 0.4) is 0 Å². The van der Waals surface area contributed by atoms with Gasteiger partial charge in [0.2, 0.25) is 0 Å². The molecule has 4 heterocycles. The zero-order valence-corrected chi connectivity index (χ0v) is 40.8. The number of amides is 1. The van der Waals surface area contributed by atoms with Crippen LogP contribution < -0.4 is 16.4 Å². The monoisotopic (exact) mass is 929 g/mol. The number of carbonyl (C=O) groups excluding carboxylic acids is 3. The fourth-order valence-electron chi connectivity index (χ4n) is 10.1. The largest absolute Gasteiger partial charge is 0.480 e. The molecule has 2 unspecified atom stereocenters. The Morgan fingerprint density at radius 2 is 1.85 bits per heavy atom. The number of likely N-dealkylation sites (N-methyl/N-ethyl adjacent to an activating group) is 1. The molecule has 370 valence electrons. The number of carboxylic acids is 1. The van der Waals surface area contributed by atoms with Gasteiger partial charge in [-0.1, -0.05) is 38.1 Å². The Kier molecular flexibility index (Phi) is 18.1. The van der Waals surface area contributed by atoms with Crippen LogP contribution in [0.15, 0.2) is 30.5 Å². The summed E-state index contributed by atoms with van der Waals surface area (Å²) in [5.74, 6) is -4.54. The van der Waals surface area contributed by atoms with Gasteiger partial charge < -0.3 is 55.2 Å². The molecular weight excluding hydrogens is 853 g/mol. The van der Waals surface area contributed by atoms with Crippen molar-refractivity contribution in [2.45, 2.75) is 167 Å². The minimum atomic E-state index is -1.39. The number of fused-ring (bicyclic) bond motifs is 1. The predicted molar refractivity (Wildman–Crippen MR) is 246 cm³/mol. The summed E-state index contributed by atoms with van der Waals surface area (Å²) < 4.78 is 33.6. The lowest BCUT2D eigenvalue weighted by atomic mass is 9.78. The second-order valence-electron chi connectivity index (χ2n) is 19.4. The number of aryl methyl sites for hydroxylation is 1.